The number of halogens is 1. The minimum Gasteiger partial charge on any atom is -1.00 e. The van der Waals surface area contributed by atoms with Gasteiger partial charge in [-0.3, -0.25) is 4.90 Å². The lowest BCUT2D eigenvalue weighted by Gasteiger charge is -2.24. The zero-order chi connectivity index (χ0) is 9.10. The smallest absolute Gasteiger partial charge is 0.244 e. The molecule has 0 saturated carbocycles. The Morgan fingerprint density at radius 2 is 1.93 bits per heavy atom. The molecule has 0 aromatic carbocycles. The van der Waals surface area contributed by atoms with Gasteiger partial charge in [0.25, 0.3) is 0 Å². The van der Waals surface area contributed by atoms with E-state index in [1.54, 1.807) is 0 Å². The highest BCUT2D eigenvalue weighted by molar-refractivity contribution is 4.68. The zero-order valence-corrected chi connectivity index (χ0v) is 9.45. The van der Waals surface area contributed by atoms with Crippen molar-refractivity contribution in [3.63, 3.8) is 0 Å². The van der Waals surface area contributed by atoms with Gasteiger partial charge in [-0.2, -0.15) is 0 Å². The van der Waals surface area contributed by atoms with E-state index in [2.05, 4.69) is 39.8 Å². The Labute approximate surface area is 91.7 Å². The second-order valence-electron chi connectivity index (χ2n) is 3.91. The van der Waals surface area contributed by atoms with E-state index in [0.717, 1.165) is 6.67 Å². The molecule has 1 aromatic rings. The van der Waals surface area contributed by atoms with Gasteiger partial charge < -0.3 is 12.4 Å². The Hall–Kier alpha value is -0.540. The molecule has 1 aliphatic heterocycles. The van der Waals surface area contributed by atoms with Crippen molar-refractivity contribution in [1.82, 2.24) is 9.47 Å². The predicted molar refractivity (Wildman–Crippen MR) is 51.0 cm³/mol. The maximum atomic E-state index is 2.52. The number of nitrogens with zero attached hydrogens (tertiary/aromatic N) is 3. The van der Waals surface area contributed by atoms with E-state index < -0.39 is 0 Å². The van der Waals surface area contributed by atoms with Crippen molar-refractivity contribution in [2.24, 2.45) is 7.05 Å². The predicted octanol–water partition coefficient (Wildman–Crippen LogP) is -2.24. The second-order valence-corrected chi connectivity index (χ2v) is 3.91. The molecule has 0 spiro atoms. The lowest BCUT2D eigenvalue weighted by Crippen LogP contribution is -3.00. The van der Waals surface area contributed by atoms with Crippen molar-refractivity contribution in [3.8, 4) is 0 Å². The third-order valence-corrected chi connectivity index (χ3v) is 2.64. The summed E-state index contributed by atoms with van der Waals surface area (Å²) >= 11 is 0. The minimum atomic E-state index is 0. The maximum Gasteiger partial charge on any atom is 0.244 e. The van der Waals surface area contributed by atoms with Crippen LogP contribution in [0, 0.1) is 0 Å². The van der Waals surface area contributed by atoms with E-state index in [0.29, 0.717) is 0 Å². The third kappa shape index (κ3) is 3.00. The van der Waals surface area contributed by atoms with Crippen LogP contribution in [0.1, 0.15) is 19.3 Å². The van der Waals surface area contributed by atoms with Crippen LogP contribution in [-0.2, 0) is 13.7 Å². The van der Waals surface area contributed by atoms with E-state index >= 15 is 0 Å². The molecular formula is C10H18ClN3. The fourth-order valence-corrected chi connectivity index (χ4v) is 1.92. The molecule has 2 heterocycles. The molecular weight excluding hydrogens is 198 g/mol. The van der Waals surface area contributed by atoms with Gasteiger partial charge in [0.15, 0.2) is 0 Å². The number of aromatic nitrogens is 2. The minimum absolute atomic E-state index is 0. The Morgan fingerprint density at radius 3 is 2.50 bits per heavy atom. The average Bonchev–Trinajstić information content (AvgIpc) is 2.53. The van der Waals surface area contributed by atoms with E-state index in [4.69, 9.17) is 0 Å². The summed E-state index contributed by atoms with van der Waals surface area (Å²) in [4.78, 5) is 2.52. The Morgan fingerprint density at radius 1 is 1.21 bits per heavy atom. The van der Waals surface area contributed by atoms with Crippen LogP contribution >= 0.6 is 0 Å². The molecule has 1 aliphatic rings. The van der Waals surface area contributed by atoms with Gasteiger partial charge in [0.05, 0.1) is 7.05 Å². The molecule has 80 valence electrons. The van der Waals surface area contributed by atoms with Gasteiger partial charge in [-0.25, -0.2) is 9.13 Å². The normalized spacial score (nSPS) is 17.8. The number of aryl methyl sites for hydroxylation is 1. The first-order valence-electron chi connectivity index (χ1n) is 5.08. The molecule has 2 rings (SSSR count). The molecule has 0 N–H and O–H groups in total. The van der Waals surface area contributed by atoms with Crippen LogP contribution in [0.4, 0.5) is 0 Å². The van der Waals surface area contributed by atoms with Crippen molar-refractivity contribution in [2.45, 2.75) is 25.9 Å². The number of hydrogen-bond donors (Lipinski definition) is 0. The summed E-state index contributed by atoms with van der Waals surface area (Å²) in [6.07, 6.45) is 10.5. The number of piperidine rings is 1. The van der Waals surface area contributed by atoms with E-state index in [1.165, 1.54) is 32.4 Å². The van der Waals surface area contributed by atoms with Gasteiger partial charge in [0.2, 0.25) is 6.33 Å². The molecule has 3 nitrogen and oxygen atoms in total. The molecule has 0 aliphatic carbocycles. The largest absolute Gasteiger partial charge is 1.00 e. The molecule has 0 amide bonds. The molecule has 1 aromatic heterocycles. The summed E-state index contributed by atoms with van der Waals surface area (Å²) in [7, 11) is 2.06. The highest BCUT2D eigenvalue weighted by Gasteiger charge is 2.12. The summed E-state index contributed by atoms with van der Waals surface area (Å²) in [5, 5.41) is 0. The van der Waals surface area contributed by atoms with Crippen molar-refractivity contribution in [1.29, 1.82) is 0 Å². The standard InChI is InChI=1S/C10H18N3.ClH/c1-11-7-8-13(9-11)10-12-5-3-2-4-6-12;/h7-9H,2-6,10H2,1H3;1H/q+1;/p-1. The van der Waals surface area contributed by atoms with Crippen LogP contribution in [0.5, 0.6) is 0 Å². The maximum absolute atomic E-state index is 2.52. The summed E-state index contributed by atoms with van der Waals surface area (Å²) in [6.45, 7) is 3.59. The van der Waals surface area contributed by atoms with Gasteiger partial charge in [0, 0.05) is 13.1 Å². The van der Waals surface area contributed by atoms with E-state index in [1.807, 2.05) is 0 Å². The van der Waals surface area contributed by atoms with Crippen LogP contribution < -0.4 is 17.0 Å². The van der Waals surface area contributed by atoms with Crippen LogP contribution in [0.3, 0.4) is 0 Å². The first-order chi connectivity index (χ1) is 6.34. The summed E-state index contributed by atoms with van der Waals surface area (Å²) in [5.41, 5.74) is 0. The fourth-order valence-electron chi connectivity index (χ4n) is 1.92. The fraction of sp³-hybridized carbons (Fsp3) is 0.700. The summed E-state index contributed by atoms with van der Waals surface area (Å²) in [5.74, 6) is 0. The molecule has 14 heavy (non-hydrogen) atoms. The van der Waals surface area contributed by atoms with Crippen molar-refractivity contribution < 1.29 is 17.0 Å². The Balaban J connectivity index is 0.000000980. The second kappa shape index (κ2) is 5.37. The quantitative estimate of drug-likeness (QED) is 0.509. The van der Waals surface area contributed by atoms with Gasteiger partial charge in [0.1, 0.15) is 19.1 Å². The number of rotatable bonds is 2. The third-order valence-electron chi connectivity index (χ3n) is 2.64. The monoisotopic (exact) mass is 215 g/mol. The molecule has 0 radical (unpaired) electrons. The highest BCUT2D eigenvalue weighted by Crippen LogP contribution is 2.08. The molecule has 0 bridgehead atoms. The van der Waals surface area contributed by atoms with Crippen LogP contribution in [0.25, 0.3) is 0 Å². The molecule has 0 atom stereocenters. The SMILES string of the molecule is C[n+]1ccn(CN2CCCCC2)c1.[Cl-]. The van der Waals surface area contributed by atoms with Gasteiger partial charge in [-0.1, -0.05) is 6.42 Å². The first kappa shape index (κ1) is 11.5. The van der Waals surface area contributed by atoms with E-state index in [9.17, 15) is 0 Å². The highest BCUT2D eigenvalue weighted by atomic mass is 35.5. The van der Waals surface area contributed by atoms with Gasteiger partial charge >= 0.3 is 0 Å². The topological polar surface area (TPSA) is 12.0 Å². The van der Waals surface area contributed by atoms with Crippen LogP contribution in [0.2, 0.25) is 0 Å². The van der Waals surface area contributed by atoms with Gasteiger partial charge in [-0.15, -0.1) is 0 Å². The number of imidazole rings is 1. The van der Waals surface area contributed by atoms with Crippen LogP contribution in [-0.4, -0.2) is 22.6 Å². The zero-order valence-electron chi connectivity index (χ0n) is 8.69. The van der Waals surface area contributed by atoms with Crippen molar-refractivity contribution in [3.05, 3.63) is 18.7 Å². The first-order valence-corrected chi connectivity index (χ1v) is 5.08. The molecule has 4 heteroatoms. The van der Waals surface area contributed by atoms with Crippen molar-refractivity contribution in [2.75, 3.05) is 13.1 Å². The molecule has 1 fully saturated rings. The Kier molecular flexibility index (Phi) is 4.42. The van der Waals surface area contributed by atoms with E-state index in [-0.39, 0.29) is 12.4 Å². The average molecular weight is 216 g/mol. The van der Waals surface area contributed by atoms with Gasteiger partial charge in [-0.05, 0) is 12.8 Å². The summed E-state index contributed by atoms with van der Waals surface area (Å²) < 4.78 is 4.33. The molecule has 1 saturated heterocycles. The van der Waals surface area contributed by atoms with Crippen molar-refractivity contribution >= 4 is 0 Å². The number of likely N-dealkylation sites (tertiary alicyclic amines) is 1. The lowest BCUT2D eigenvalue weighted by atomic mass is 10.1. The lowest BCUT2D eigenvalue weighted by molar-refractivity contribution is -0.671. The number of hydrogen-bond acceptors (Lipinski definition) is 1. The molecule has 0 unspecified atom stereocenters. The van der Waals surface area contributed by atoms with Crippen LogP contribution in [0.15, 0.2) is 18.7 Å². The summed E-state index contributed by atoms with van der Waals surface area (Å²) in [6, 6.07) is 0. The Bertz CT molecular complexity index is 266.